The summed E-state index contributed by atoms with van der Waals surface area (Å²) in [5.74, 6) is 2.32. The first-order valence-corrected chi connectivity index (χ1v) is 9.83. The fraction of sp³-hybridized carbons (Fsp3) is 0.316. The summed E-state index contributed by atoms with van der Waals surface area (Å²) in [5.41, 5.74) is 2.03. The lowest BCUT2D eigenvalue weighted by atomic mass is 9.99. The van der Waals surface area contributed by atoms with Crippen LogP contribution in [-0.4, -0.2) is 18.3 Å². The Morgan fingerprint density at radius 3 is 2.88 bits per heavy atom. The Balaban J connectivity index is 1.56. The Hall–Kier alpha value is -1.56. The van der Waals surface area contributed by atoms with Crippen molar-refractivity contribution < 1.29 is 18.5 Å². The predicted molar refractivity (Wildman–Crippen MR) is 104 cm³/mol. The van der Waals surface area contributed by atoms with Crippen molar-refractivity contribution in [2.45, 2.75) is 25.9 Å². The number of hydrogen-bond acceptors (Lipinski definition) is 5. The topological polar surface area (TPSA) is 44.8 Å². The van der Waals surface area contributed by atoms with Gasteiger partial charge in [-0.1, -0.05) is 35.3 Å². The molecule has 1 aliphatic heterocycles. The Labute approximate surface area is 166 Å². The average molecular weight is 413 g/mol. The zero-order chi connectivity index (χ0) is 18.5. The van der Waals surface area contributed by atoms with Gasteiger partial charge in [-0.3, -0.25) is 4.79 Å². The summed E-state index contributed by atoms with van der Waals surface area (Å²) in [6.07, 6.45) is 0.880. The second-order valence-electron chi connectivity index (χ2n) is 5.92. The Kier molecular flexibility index (Phi) is 6.57. The van der Waals surface area contributed by atoms with Gasteiger partial charge in [-0.15, -0.1) is 0 Å². The zero-order valence-corrected chi connectivity index (χ0v) is 16.5. The van der Waals surface area contributed by atoms with Crippen LogP contribution in [0, 0.1) is 0 Å². The van der Waals surface area contributed by atoms with Crippen LogP contribution in [0.3, 0.4) is 0 Å². The van der Waals surface area contributed by atoms with Crippen molar-refractivity contribution in [2.24, 2.45) is 0 Å². The molecular formula is C19H18Cl2O4S. The molecule has 0 spiro atoms. The van der Waals surface area contributed by atoms with Crippen molar-refractivity contribution >= 4 is 41.2 Å². The Morgan fingerprint density at radius 1 is 1.27 bits per heavy atom. The monoisotopic (exact) mass is 412 g/mol. The number of rotatable bonds is 7. The normalized spacial score (nSPS) is 15.3. The number of fused-ring (bicyclic) bond motifs is 1. The molecule has 0 saturated carbocycles. The molecule has 0 amide bonds. The van der Waals surface area contributed by atoms with Crippen LogP contribution >= 0.6 is 35.2 Å². The second kappa shape index (κ2) is 8.89. The molecule has 2 aromatic rings. The Bertz CT molecular complexity index is 797. The molecule has 0 N–H and O–H groups in total. The van der Waals surface area contributed by atoms with Gasteiger partial charge in [-0.05, 0) is 24.6 Å². The van der Waals surface area contributed by atoms with Crippen molar-refractivity contribution in [2.75, 3.05) is 12.4 Å². The summed E-state index contributed by atoms with van der Waals surface area (Å²) in [5, 5.41) is 1.18. The van der Waals surface area contributed by atoms with Gasteiger partial charge in [0.1, 0.15) is 18.1 Å². The number of ether oxygens (including phenoxy) is 2. The van der Waals surface area contributed by atoms with Crippen LogP contribution in [0.4, 0.5) is 0 Å². The molecule has 26 heavy (non-hydrogen) atoms. The first kappa shape index (κ1) is 19.2. The molecule has 0 aromatic heterocycles. The molecule has 0 radical (unpaired) electrons. The summed E-state index contributed by atoms with van der Waals surface area (Å²) in [4.78, 5) is 10.8. The van der Waals surface area contributed by atoms with Gasteiger partial charge in [0, 0.05) is 45.8 Å². The van der Waals surface area contributed by atoms with Gasteiger partial charge in [0.25, 0.3) is 0 Å². The minimum absolute atomic E-state index is 0.277. The number of hydrogen-bond donors (Lipinski definition) is 0. The molecular weight excluding hydrogens is 395 g/mol. The van der Waals surface area contributed by atoms with Crippen LogP contribution < -0.4 is 9.47 Å². The summed E-state index contributed by atoms with van der Waals surface area (Å²) in [7, 11) is 0. The molecule has 0 bridgehead atoms. The van der Waals surface area contributed by atoms with E-state index in [1.54, 1.807) is 12.1 Å². The summed E-state index contributed by atoms with van der Waals surface area (Å²) in [6.45, 7) is 2.39. The maximum Gasteiger partial charge on any atom is 0.314 e. The lowest BCUT2D eigenvalue weighted by molar-refractivity contribution is -0.130. The first-order valence-electron chi connectivity index (χ1n) is 8.16. The second-order valence-corrected chi connectivity index (χ2v) is 7.57. The fourth-order valence-corrected chi connectivity index (χ4v) is 3.79. The minimum atomic E-state index is -0.277. The molecule has 0 unspecified atom stereocenters. The van der Waals surface area contributed by atoms with E-state index in [1.807, 2.05) is 24.3 Å². The third-order valence-corrected chi connectivity index (χ3v) is 5.34. The van der Waals surface area contributed by atoms with Gasteiger partial charge in [0.15, 0.2) is 0 Å². The van der Waals surface area contributed by atoms with E-state index < -0.39 is 0 Å². The highest BCUT2D eigenvalue weighted by Gasteiger charge is 2.24. The van der Waals surface area contributed by atoms with Crippen LogP contribution in [-0.2, 0) is 15.6 Å². The molecule has 1 aliphatic rings. The van der Waals surface area contributed by atoms with Crippen LogP contribution in [0.15, 0.2) is 36.4 Å². The third kappa shape index (κ3) is 5.00. The van der Waals surface area contributed by atoms with E-state index in [1.165, 1.54) is 19.0 Å². The van der Waals surface area contributed by atoms with E-state index in [-0.39, 0.29) is 5.97 Å². The van der Waals surface area contributed by atoms with E-state index in [9.17, 15) is 4.79 Å². The number of halogens is 2. The average Bonchev–Trinajstić information content (AvgIpc) is 3.00. The lowest BCUT2D eigenvalue weighted by Gasteiger charge is -2.10. The minimum Gasteiger partial charge on any atom is -0.493 e. The van der Waals surface area contributed by atoms with E-state index >= 15 is 0 Å². The largest absolute Gasteiger partial charge is 0.493 e. The molecule has 4 nitrogen and oxygen atoms in total. The van der Waals surface area contributed by atoms with Crippen molar-refractivity contribution in [1.29, 1.82) is 0 Å². The van der Waals surface area contributed by atoms with Gasteiger partial charge >= 0.3 is 5.97 Å². The zero-order valence-electron chi connectivity index (χ0n) is 14.2. The summed E-state index contributed by atoms with van der Waals surface area (Å²) in [6, 6.07) is 11.2. The third-order valence-electron chi connectivity index (χ3n) is 4.00. The number of carbonyl (C=O) groups excluding carboxylic acids is 1. The summed E-state index contributed by atoms with van der Waals surface area (Å²) < 4.78 is 16.5. The van der Waals surface area contributed by atoms with Gasteiger partial charge in [0.2, 0.25) is 0 Å². The van der Waals surface area contributed by atoms with E-state index in [4.69, 9.17) is 36.9 Å². The van der Waals surface area contributed by atoms with E-state index in [0.29, 0.717) is 29.2 Å². The maximum absolute atomic E-state index is 10.8. The highest BCUT2D eigenvalue weighted by Crippen LogP contribution is 2.39. The molecule has 0 saturated heterocycles. The SMILES string of the molecule is CC(=O)OSCC[C@@H]1COc2cc(OCc3ccc(Cl)cc3Cl)ccc21. The van der Waals surface area contributed by atoms with Crippen molar-refractivity contribution in [3.8, 4) is 11.5 Å². The molecule has 7 heteroatoms. The standard InChI is InChI=1S/C19H18Cl2O4S/c1-12(22)25-26-7-6-13-10-24-19-9-16(4-5-17(13)19)23-11-14-2-3-15(20)8-18(14)21/h2-5,8-9,13H,6-7,10-11H2,1H3/t13-/m1/s1. The molecule has 2 aromatic carbocycles. The van der Waals surface area contributed by atoms with Gasteiger partial charge < -0.3 is 13.7 Å². The molecule has 0 aliphatic carbocycles. The van der Waals surface area contributed by atoms with Crippen LogP contribution in [0.25, 0.3) is 0 Å². The van der Waals surface area contributed by atoms with Crippen molar-refractivity contribution in [3.63, 3.8) is 0 Å². The van der Waals surface area contributed by atoms with Crippen molar-refractivity contribution in [3.05, 3.63) is 57.6 Å². The highest BCUT2D eigenvalue weighted by atomic mass is 35.5. The van der Waals surface area contributed by atoms with Crippen LogP contribution in [0.1, 0.15) is 30.4 Å². The highest BCUT2D eigenvalue weighted by molar-refractivity contribution is 7.95. The number of carbonyl (C=O) groups is 1. The summed E-state index contributed by atoms with van der Waals surface area (Å²) >= 11 is 13.3. The van der Waals surface area contributed by atoms with Gasteiger partial charge in [-0.2, -0.15) is 0 Å². The molecule has 1 atom stereocenters. The molecule has 0 fully saturated rings. The van der Waals surface area contributed by atoms with E-state index in [2.05, 4.69) is 0 Å². The first-order chi connectivity index (χ1) is 12.5. The quantitative estimate of drug-likeness (QED) is 0.434. The van der Waals surface area contributed by atoms with Crippen molar-refractivity contribution in [1.82, 2.24) is 0 Å². The lowest BCUT2D eigenvalue weighted by Crippen LogP contribution is -2.02. The van der Waals surface area contributed by atoms with Gasteiger partial charge in [0.05, 0.1) is 18.6 Å². The van der Waals surface area contributed by atoms with Crippen LogP contribution in [0.5, 0.6) is 11.5 Å². The van der Waals surface area contributed by atoms with E-state index in [0.717, 1.165) is 34.8 Å². The van der Waals surface area contributed by atoms with Crippen LogP contribution in [0.2, 0.25) is 10.0 Å². The predicted octanol–water partition coefficient (Wildman–Crippen LogP) is 5.65. The molecule has 138 valence electrons. The number of benzene rings is 2. The molecule has 3 rings (SSSR count). The maximum atomic E-state index is 10.8. The smallest absolute Gasteiger partial charge is 0.314 e. The Morgan fingerprint density at radius 2 is 2.12 bits per heavy atom. The fourth-order valence-electron chi connectivity index (χ4n) is 2.70. The van der Waals surface area contributed by atoms with Gasteiger partial charge in [-0.25, -0.2) is 0 Å². The molecule has 1 heterocycles.